The number of alkyl halides is 4. The van der Waals surface area contributed by atoms with Crippen LogP contribution in [0.5, 0.6) is 0 Å². The first-order valence-electron chi connectivity index (χ1n) is 10.9. The van der Waals surface area contributed by atoms with E-state index in [2.05, 4.69) is 27.2 Å². The Morgan fingerprint density at radius 3 is 2.54 bits per heavy atom. The molecule has 1 fully saturated rings. The summed E-state index contributed by atoms with van der Waals surface area (Å²) in [5.74, 6) is 0.204. The van der Waals surface area contributed by atoms with Crippen LogP contribution in [0.25, 0.3) is 11.0 Å². The van der Waals surface area contributed by atoms with Crippen molar-refractivity contribution in [1.29, 1.82) is 0 Å². The zero-order chi connectivity index (χ0) is 25.5. The number of fused-ring (bicyclic) bond motifs is 1. The molecule has 0 saturated carbocycles. The maximum atomic E-state index is 14.7. The number of hydrogen-bond acceptors (Lipinski definition) is 6. The number of amides is 1. The van der Waals surface area contributed by atoms with E-state index < -0.39 is 24.0 Å². The van der Waals surface area contributed by atoms with Gasteiger partial charge < -0.3 is 20.1 Å². The summed E-state index contributed by atoms with van der Waals surface area (Å²) in [4.78, 5) is 25.8. The Balaban J connectivity index is 1.60. The summed E-state index contributed by atoms with van der Waals surface area (Å²) in [5.41, 5.74) is 2.81. The fourth-order valence-corrected chi connectivity index (χ4v) is 4.32. The van der Waals surface area contributed by atoms with Crippen molar-refractivity contribution in [2.45, 2.75) is 38.7 Å². The van der Waals surface area contributed by atoms with E-state index in [0.717, 1.165) is 16.6 Å². The average Bonchev–Trinajstić information content (AvgIpc) is 3.12. The molecule has 0 unspecified atom stereocenters. The fraction of sp³-hybridized carbons (Fsp3) is 0.391. The summed E-state index contributed by atoms with van der Waals surface area (Å²) in [7, 11) is 1.83. The van der Waals surface area contributed by atoms with Gasteiger partial charge in [-0.05, 0) is 31.6 Å². The van der Waals surface area contributed by atoms with Crippen LogP contribution in [0.15, 0.2) is 31.1 Å². The smallest absolute Gasteiger partial charge is 0.350 e. The molecular weight excluding hydrogens is 466 g/mol. The number of carbonyl (C=O) groups excluding carboxylic acids is 1. The lowest BCUT2D eigenvalue weighted by atomic mass is 10.0. The Bertz CT molecular complexity index is 1270. The Kier molecular flexibility index (Phi) is 6.39. The van der Waals surface area contributed by atoms with Crippen molar-refractivity contribution in [1.82, 2.24) is 19.5 Å². The number of nitrogens with zero attached hydrogens (tertiary/aromatic N) is 5. The predicted octanol–water partition coefficient (Wildman–Crippen LogP) is 4.15. The standard InChI is InChI=1S/C23H25F4N7O/c1-5-18(35)31-19-12(2)6-17-20(13(19)3)32-22(33(17)4)34-10-15(24)7-16(11-34)30-21-28-8-14(9-29-21)23(25,26)27/h5-6,8-9,15-16H,1,7,10-11H2,2-4H3,(H,31,35)(H,28,29,30)/t15-,16-/m1/s1. The highest BCUT2D eigenvalue weighted by atomic mass is 19.4. The molecule has 0 spiro atoms. The van der Waals surface area contributed by atoms with Crippen LogP contribution in [0.4, 0.5) is 35.1 Å². The molecule has 1 aliphatic heterocycles. The van der Waals surface area contributed by atoms with E-state index in [4.69, 9.17) is 4.98 Å². The fourth-order valence-electron chi connectivity index (χ4n) is 4.32. The molecule has 2 N–H and O–H groups in total. The monoisotopic (exact) mass is 491 g/mol. The van der Waals surface area contributed by atoms with Crippen LogP contribution in [0.3, 0.4) is 0 Å². The lowest BCUT2D eigenvalue weighted by Crippen LogP contribution is -2.48. The number of nitrogens with one attached hydrogen (secondary N) is 2. The normalized spacial score (nSPS) is 18.5. The molecule has 3 heterocycles. The van der Waals surface area contributed by atoms with Crippen LogP contribution in [-0.2, 0) is 18.0 Å². The largest absolute Gasteiger partial charge is 0.419 e. The second-order valence-electron chi connectivity index (χ2n) is 8.60. The zero-order valence-corrected chi connectivity index (χ0v) is 19.4. The molecule has 4 rings (SSSR count). The lowest BCUT2D eigenvalue weighted by molar-refractivity contribution is -0.138. The van der Waals surface area contributed by atoms with E-state index in [1.54, 1.807) is 4.90 Å². The van der Waals surface area contributed by atoms with Crippen LogP contribution >= 0.6 is 0 Å². The van der Waals surface area contributed by atoms with E-state index >= 15 is 0 Å². The highest BCUT2D eigenvalue weighted by molar-refractivity contribution is 6.02. The summed E-state index contributed by atoms with van der Waals surface area (Å²) in [6.45, 7) is 7.67. The molecule has 186 valence electrons. The van der Waals surface area contributed by atoms with Crippen molar-refractivity contribution >= 4 is 34.5 Å². The van der Waals surface area contributed by atoms with E-state index in [1.807, 2.05) is 31.5 Å². The molecule has 2 aromatic heterocycles. The number of hydrogen-bond donors (Lipinski definition) is 2. The number of aryl methyl sites for hydroxylation is 3. The first-order valence-corrected chi connectivity index (χ1v) is 10.9. The predicted molar refractivity (Wildman–Crippen MR) is 125 cm³/mol. The number of anilines is 3. The lowest BCUT2D eigenvalue weighted by Gasteiger charge is -2.35. The van der Waals surface area contributed by atoms with Gasteiger partial charge in [-0.2, -0.15) is 13.2 Å². The summed E-state index contributed by atoms with van der Waals surface area (Å²) in [6.07, 6.45) is -2.99. The summed E-state index contributed by atoms with van der Waals surface area (Å²) in [5, 5.41) is 5.74. The van der Waals surface area contributed by atoms with E-state index in [1.165, 1.54) is 6.08 Å². The molecule has 1 aliphatic rings. The third kappa shape index (κ3) is 4.91. The number of aromatic nitrogens is 4. The first kappa shape index (κ1) is 24.4. The number of piperidine rings is 1. The van der Waals surface area contributed by atoms with Gasteiger partial charge in [-0.15, -0.1) is 0 Å². The Labute approximate surface area is 199 Å². The van der Waals surface area contributed by atoms with Gasteiger partial charge in [0.2, 0.25) is 17.8 Å². The van der Waals surface area contributed by atoms with Crippen molar-refractivity contribution in [2.75, 3.05) is 28.6 Å². The number of carbonyl (C=O) groups is 1. The molecule has 12 heteroatoms. The van der Waals surface area contributed by atoms with Gasteiger partial charge in [-0.3, -0.25) is 4.79 Å². The van der Waals surface area contributed by atoms with Crippen LogP contribution in [0.2, 0.25) is 0 Å². The van der Waals surface area contributed by atoms with Gasteiger partial charge in [0.1, 0.15) is 6.17 Å². The van der Waals surface area contributed by atoms with Gasteiger partial charge >= 0.3 is 6.18 Å². The highest BCUT2D eigenvalue weighted by Crippen LogP contribution is 2.33. The minimum atomic E-state index is -4.53. The molecule has 1 aromatic carbocycles. The Morgan fingerprint density at radius 1 is 1.23 bits per heavy atom. The van der Waals surface area contributed by atoms with Gasteiger partial charge in [-0.25, -0.2) is 19.3 Å². The minimum Gasteiger partial charge on any atom is -0.350 e. The number of imidazole rings is 1. The van der Waals surface area contributed by atoms with Gasteiger partial charge in [0.05, 0.1) is 23.1 Å². The zero-order valence-electron chi connectivity index (χ0n) is 19.4. The average molecular weight is 491 g/mol. The number of rotatable bonds is 5. The third-order valence-corrected chi connectivity index (χ3v) is 6.02. The first-order chi connectivity index (χ1) is 16.5. The van der Waals surface area contributed by atoms with E-state index in [-0.39, 0.29) is 24.8 Å². The number of halogens is 4. The van der Waals surface area contributed by atoms with Gasteiger partial charge in [0, 0.05) is 49.7 Å². The van der Waals surface area contributed by atoms with Crippen LogP contribution < -0.4 is 15.5 Å². The topological polar surface area (TPSA) is 88.0 Å². The van der Waals surface area contributed by atoms with Crippen LogP contribution in [0.1, 0.15) is 23.1 Å². The van der Waals surface area contributed by atoms with Crippen molar-refractivity contribution in [2.24, 2.45) is 7.05 Å². The molecule has 2 atom stereocenters. The minimum absolute atomic E-state index is 0.00359. The second-order valence-corrected chi connectivity index (χ2v) is 8.60. The van der Waals surface area contributed by atoms with Gasteiger partial charge in [-0.1, -0.05) is 6.58 Å². The van der Waals surface area contributed by atoms with Crippen molar-refractivity contribution in [3.05, 3.63) is 47.8 Å². The number of benzene rings is 1. The molecule has 1 saturated heterocycles. The summed E-state index contributed by atoms with van der Waals surface area (Å²) < 4.78 is 54.8. The molecular formula is C23H25F4N7O. The van der Waals surface area contributed by atoms with E-state index in [0.29, 0.717) is 36.1 Å². The highest BCUT2D eigenvalue weighted by Gasteiger charge is 2.33. The third-order valence-electron chi connectivity index (χ3n) is 6.02. The second kappa shape index (κ2) is 9.16. The summed E-state index contributed by atoms with van der Waals surface area (Å²) in [6, 6.07) is 1.46. The Hall–Kier alpha value is -3.70. The Morgan fingerprint density at radius 2 is 1.91 bits per heavy atom. The quantitative estimate of drug-likeness (QED) is 0.412. The van der Waals surface area contributed by atoms with Crippen LogP contribution in [0, 0.1) is 13.8 Å². The maximum absolute atomic E-state index is 14.7. The van der Waals surface area contributed by atoms with Gasteiger partial charge in [0.25, 0.3) is 0 Å². The van der Waals surface area contributed by atoms with Crippen LogP contribution in [-0.4, -0.2) is 50.7 Å². The molecule has 3 aromatic rings. The van der Waals surface area contributed by atoms with E-state index in [9.17, 15) is 22.4 Å². The molecule has 0 radical (unpaired) electrons. The molecule has 0 aliphatic carbocycles. The van der Waals surface area contributed by atoms with Crippen molar-refractivity contribution in [3.63, 3.8) is 0 Å². The van der Waals surface area contributed by atoms with Crippen molar-refractivity contribution in [3.8, 4) is 0 Å². The van der Waals surface area contributed by atoms with Gasteiger partial charge in [0.15, 0.2) is 0 Å². The SMILES string of the molecule is C=CC(=O)Nc1c(C)cc2c(nc(N3C[C@H](F)C[C@@H](Nc4ncc(C(F)(F)F)cn4)C3)n2C)c1C. The maximum Gasteiger partial charge on any atom is 0.419 e. The van der Waals surface area contributed by atoms with Crippen molar-refractivity contribution < 1.29 is 22.4 Å². The summed E-state index contributed by atoms with van der Waals surface area (Å²) >= 11 is 0. The molecule has 1 amide bonds. The molecule has 0 bridgehead atoms. The molecule has 35 heavy (non-hydrogen) atoms. The molecule has 8 nitrogen and oxygen atoms in total.